The number of carbonyl (C=O) groups excluding carboxylic acids is 1. The fourth-order valence-corrected chi connectivity index (χ4v) is 13.0. The van der Waals surface area contributed by atoms with Gasteiger partial charge in [0.05, 0.1) is 37.3 Å². The quantitative estimate of drug-likeness (QED) is 0.0412. The highest BCUT2D eigenvalue weighted by Gasteiger charge is 2.50. The fraction of sp³-hybridized carbons (Fsp3) is 0.300. The van der Waals surface area contributed by atoms with Crippen LogP contribution in [0, 0.1) is 0 Å². The van der Waals surface area contributed by atoms with Crippen LogP contribution < -0.4 is 9.64 Å². The highest BCUT2D eigenvalue weighted by Crippen LogP contribution is 2.53. The van der Waals surface area contributed by atoms with Crippen LogP contribution in [0.15, 0.2) is 99.3 Å². The molecule has 0 radical (unpaired) electrons. The van der Waals surface area contributed by atoms with E-state index in [9.17, 15) is 82.6 Å². The summed E-state index contributed by atoms with van der Waals surface area (Å²) < 4.78 is 217. The van der Waals surface area contributed by atoms with Crippen molar-refractivity contribution >= 4 is 106 Å². The molecule has 22 nitrogen and oxygen atoms in total. The average Bonchev–Trinajstić information content (AvgIpc) is 3.53. The van der Waals surface area contributed by atoms with Crippen molar-refractivity contribution in [3.8, 4) is 5.75 Å². The zero-order chi connectivity index (χ0) is 50.8. The molecule has 4 aromatic rings. The number of ether oxygens (including phenoxy) is 1. The number of carbonyl (C=O) groups is 1. The summed E-state index contributed by atoms with van der Waals surface area (Å²) in [6, 6.07) is 9.18. The van der Waals surface area contributed by atoms with Gasteiger partial charge in [-0.15, -0.1) is 0 Å². The van der Waals surface area contributed by atoms with Crippen molar-refractivity contribution in [1.82, 2.24) is 0 Å². The van der Waals surface area contributed by atoms with Crippen LogP contribution in [-0.4, -0.2) is 125 Å². The van der Waals surface area contributed by atoms with Gasteiger partial charge in [0.2, 0.25) is 5.69 Å². The van der Waals surface area contributed by atoms with E-state index in [0.717, 1.165) is 18.2 Å². The highest BCUT2D eigenvalue weighted by atomic mass is 32.2. The Morgan fingerprint density at radius 1 is 0.691 bits per heavy atom. The van der Waals surface area contributed by atoms with Crippen molar-refractivity contribution in [3.05, 3.63) is 95.7 Å². The molecule has 0 spiro atoms. The summed E-state index contributed by atoms with van der Waals surface area (Å²) in [6.45, 7) is 4.26. The lowest BCUT2D eigenvalue weighted by Crippen LogP contribution is -2.35. The highest BCUT2D eigenvalue weighted by molar-refractivity contribution is 7.87. The Hall–Kier alpha value is -4.98. The molecule has 0 aromatic heterocycles. The molecular weight excluding hydrogens is 1020 g/mol. The lowest BCUT2D eigenvalue weighted by molar-refractivity contribution is -0.440. The minimum absolute atomic E-state index is 0.0211. The van der Waals surface area contributed by atoms with Crippen LogP contribution in [-0.2, 0) is 76.3 Å². The summed E-state index contributed by atoms with van der Waals surface area (Å²) in [5.74, 6) is -2.78. The maximum Gasteiger partial charge on any atom is 0.301 e. The van der Waals surface area contributed by atoms with E-state index in [1.54, 1.807) is 19.9 Å². The molecule has 68 heavy (non-hydrogen) atoms. The molecule has 1 unspecified atom stereocenters. The smallest absolute Gasteiger partial charge is 0.301 e. The fourth-order valence-electron chi connectivity index (χ4n) is 8.97. The number of nitrogens with zero attached hydrogens (tertiary/aromatic N) is 2. The molecule has 6 rings (SSSR count). The van der Waals surface area contributed by atoms with Crippen molar-refractivity contribution < 1.29 is 91.9 Å². The Morgan fingerprint density at radius 2 is 1.34 bits per heavy atom. The molecule has 2 aliphatic heterocycles. The molecule has 0 saturated carbocycles. The lowest BCUT2D eigenvalue weighted by Gasteiger charge is -2.29. The first-order chi connectivity index (χ1) is 31.1. The normalized spacial score (nSPS) is 18.7. The molecule has 0 aliphatic carbocycles. The Morgan fingerprint density at radius 3 is 1.91 bits per heavy atom. The van der Waals surface area contributed by atoms with E-state index < -0.39 is 103 Å². The Bertz CT molecular complexity index is 3640. The number of hydrogen-bond donors (Lipinski definition) is 5. The van der Waals surface area contributed by atoms with Gasteiger partial charge in [-0.25, -0.2) is 8.42 Å². The molecule has 368 valence electrons. The third-order valence-corrected chi connectivity index (χ3v) is 16.5. The Kier molecular flexibility index (Phi) is 13.9. The van der Waals surface area contributed by atoms with Crippen molar-refractivity contribution in [2.24, 2.45) is 0 Å². The zero-order valence-corrected chi connectivity index (χ0v) is 40.6. The topological polar surface area (TPSA) is 362 Å². The average molecular weight is 1060 g/mol. The number of hydrogen-bond acceptors (Lipinski definition) is 16. The van der Waals surface area contributed by atoms with Gasteiger partial charge in [-0.05, 0) is 91.4 Å². The van der Waals surface area contributed by atoms with Crippen molar-refractivity contribution in [1.29, 1.82) is 0 Å². The van der Waals surface area contributed by atoms with E-state index in [-0.39, 0.29) is 76.9 Å². The van der Waals surface area contributed by atoms with Crippen LogP contribution in [0.1, 0.15) is 44.7 Å². The van der Waals surface area contributed by atoms with Gasteiger partial charge in [0.1, 0.15) is 17.2 Å². The first-order valence-corrected chi connectivity index (χ1v) is 28.8. The summed E-state index contributed by atoms with van der Waals surface area (Å²) in [6.07, 6.45) is 6.37. The molecule has 0 fully saturated rings. The standard InChI is InChI=1S/C40H42N2O20S6/c1-39(2)34(42(16-8-18-64(47,48)49)38-33(68(59,60)61)20-25-19-26(62-24-43)11-12-28(25)37(38)39)9-5-4-6-10-35-40(3,23-65(50,51)52)36-30-21-27(66(53,54)55)22-32(67(56,57)58)29(30)13-14-31(36)41(35)15-7-17-63(44,45)46/h4-6,9-14,19-22,24H,7-8,15-18,23H2,1-3H3,(H5-,44,45,46,47,48,49,50,51,52,53,54,55,56,57,58,59,60,61). The van der Waals surface area contributed by atoms with Crippen molar-refractivity contribution in [2.75, 3.05) is 35.2 Å². The minimum atomic E-state index is -5.24. The zero-order valence-electron chi connectivity index (χ0n) is 35.7. The van der Waals surface area contributed by atoms with Gasteiger partial charge in [-0.1, -0.05) is 30.4 Å². The van der Waals surface area contributed by atoms with E-state index >= 15 is 0 Å². The van der Waals surface area contributed by atoms with E-state index in [1.807, 2.05) is 0 Å². The lowest BCUT2D eigenvalue weighted by atomic mass is 9.79. The molecule has 0 saturated heterocycles. The minimum Gasteiger partial charge on any atom is -0.748 e. The van der Waals surface area contributed by atoms with E-state index in [2.05, 4.69) is 0 Å². The van der Waals surface area contributed by atoms with Crippen LogP contribution >= 0.6 is 0 Å². The molecule has 1 atom stereocenters. The van der Waals surface area contributed by atoms with Crippen LogP contribution in [0.3, 0.4) is 0 Å². The van der Waals surface area contributed by atoms with Gasteiger partial charge < -0.3 is 14.2 Å². The van der Waals surface area contributed by atoms with Crippen molar-refractivity contribution in [2.45, 2.75) is 59.1 Å². The maximum absolute atomic E-state index is 13.0. The monoisotopic (exact) mass is 1060 g/mol. The molecular formula is C40H42N2O20S6. The van der Waals surface area contributed by atoms with Gasteiger partial charge in [0, 0.05) is 47.1 Å². The largest absolute Gasteiger partial charge is 0.748 e. The number of fused-ring (bicyclic) bond motifs is 6. The molecule has 4 aromatic carbocycles. The van der Waals surface area contributed by atoms with Gasteiger partial charge in [-0.3, -0.25) is 27.6 Å². The molecule has 2 heterocycles. The number of anilines is 1. The molecule has 2 aliphatic rings. The molecule has 28 heteroatoms. The number of rotatable bonds is 18. The van der Waals surface area contributed by atoms with Crippen molar-refractivity contribution in [3.63, 3.8) is 0 Å². The third kappa shape index (κ3) is 10.9. The Balaban J connectivity index is 1.57. The van der Waals surface area contributed by atoms with Crippen LogP contribution in [0.5, 0.6) is 5.75 Å². The van der Waals surface area contributed by atoms with E-state index in [4.69, 9.17) is 4.74 Å². The predicted octanol–water partition coefficient (Wildman–Crippen LogP) is 3.52. The number of benzene rings is 4. The molecule has 5 N–H and O–H groups in total. The van der Waals surface area contributed by atoms with Gasteiger partial charge in [0.15, 0.2) is 10.6 Å². The molecule has 0 amide bonds. The van der Waals surface area contributed by atoms with E-state index in [1.165, 1.54) is 65.0 Å². The SMILES string of the molecule is CC1(C)C(/C=C/C=C/C=C2/N(CCCS(=O)(=O)O)c3ccc4c(S(=O)(=O)O)cc(S(=O)(=O)O)cc4c3C2(C)CS(=O)(=O)O)=[N+](CCCS(=O)(=O)[O-])c2c(S(=O)(=O)O)cc3cc(OC=O)ccc3c21. The first-order valence-electron chi connectivity index (χ1n) is 19.7. The third-order valence-electron chi connectivity index (χ3n) is 11.4. The predicted molar refractivity (Wildman–Crippen MR) is 245 cm³/mol. The maximum atomic E-state index is 13.0. The van der Waals surface area contributed by atoms with Crippen LogP contribution in [0.2, 0.25) is 0 Å². The summed E-state index contributed by atoms with van der Waals surface area (Å²) in [4.78, 5) is 9.86. The van der Waals surface area contributed by atoms with Gasteiger partial charge in [-0.2, -0.15) is 46.7 Å². The van der Waals surface area contributed by atoms with Crippen LogP contribution in [0.25, 0.3) is 21.5 Å². The summed E-state index contributed by atoms with van der Waals surface area (Å²) in [5, 5.41) is 0.00308. The summed E-state index contributed by atoms with van der Waals surface area (Å²) in [5.41, 5.74) is -2.68. The second-order valence-corrected chi connectivity index (χ2v) is 25.3. The van der Waals surface area contributed by atoms with Crippen LogP contribution in [0.4, 0.5) is 11.4 Å². The first kappa shape index (κ1) is 52.4. The Labute approximate surface area is 391 Å². The molecule has 0 bridgehead atoms. The second-order valence-electron chi connectivity index (χ2n) is 16.5. The van der Waals surface area contributed by atoms with Gasteiger partial charge >= 0.3 is 10.1 Å². The summed E-state index contributed by atoms with van der Waals surface area (Å²) >= 11 is 0. The second kappa shape index (κ2) is 18.1. The van der Waals surface area contributed by atoms with E-state index in [0.29, 0.717) is 22.7 Å². The van der Waals surface area contributed by atoms with Gasteiger partial charge in [0.25, 0.3) is 46.9 Å². The number of allylic oxidation sites excluding steroid dienone is 6. The summed E-state index contributed by atoms with van der Waals surface area (Å²) in [7, 11) is -29.8.